The minimum Gasteiger partial charge on any atom is -0.360 e. The van der Waals surface area contributed by atoms with Crippen LogP contribution in [-0.4, -0.2) is 22.6 Å². The summed E-state index contributed by atoms with van der Waals surface area (Å²) in [6.07, 6.45) is 5.62. The molecule has 136 valence electrons. The van der Waals surface area contributed by atoms with E-state index in [0.29, 0.717) is 6.54 Å². The molecule has 0 aliphatic carbocycles. The van der Waals surface area contributed by atoms with Gasteiger partial charge in [-0.25, -0.2) is 4.98 Å². The van der Waals surface area contributed by atoms with Crippen molar-refractivity contribution in [3.05, 3.63) is 78.8 Å². The molecule has 2 unspecified atom stereocenters. The molecule has 2 heterocycles. The molecule has 0 fully saturated rings. The van der Waals surface area contributed by atoms with Gasteiger partial charge in [0.1, 0.15) is 0 Å². The first-order chi connectivity index (χ1) is 13.2. The van der Waals surface area contributed by atoms with Crippen LogP contribution in [0.4, 0.5) is 5.13 Å². The van der Waals surface area contributed by atoms with Gasteiger partial charge in [0.15, 0.2) is 5.13 Å². The zero-order valence-corrected chi connectivity index (χ0v) is 16.0. The van der Waals surface area contributed by atoms with Gasteiger partial charge in [-0.1, -0.05) is 60.7 Å². The number of anilines is 1. The molecule has 27 heavy (non-hydrogen) atoms. The van der Waals surface area contributed by atoms with Gasteiger partial charge in [-0.2, -0.15) is 0 Å². The first-order valence-corrected chi connectivity index (χ1v) is 9.87. The highest BCUT2D eigenvalue weighted by Crippen LogP contribution is 2.31. The minimum atomic E-state index is 0.0212. The maximum atomic E-state index is 6.39. The average molecular weight is 375 g/mol. The fraction of sp³-hybridized carbons (Fsp3) is 0.182. The van der Waals surface area contributed by atoms with Gasteiger partial charge < -0.3 is 11.1 Å². The highest BCUT2D eigenvalue weighted by molar-refractivity contribution is 7.18. The van der Waals surface area contributed by atoms with Crippen LogP contribution in [0.1, 0.15) is 18.4 Å². The lowest BCUT2D eigenvalue weighted by Gasteiger charge is -2.20. The molecule has 4 aromatic rings. The van der Waals surface area contributed by atoms with Gasteiger partial charge in [-0.05, 0) is 34.6 Å². The summed E-state index contributed by atoms with van der Waals surface area (Å²) in [5.74, 6) is 0.284. The van der Waals surface area contributed by atoms with E-state index in [-0.39, 0.29) is 12.0 Å². The van der Waals surface area contributed by atoms with E-state index in [1.165, 1.54) is 16.5 Å². The third-order valence-electron chi connectivity index (χ3n) is 4.89. The van der Waals surface area contributed by atoms with Gasteiger partial charge in [0.05, 0.1) is 4.88 Å². The molecule has 4 nitrogen and oxygen atoms in total. The van der Waals surface area contributed by atoms with Gasteiger partial charge >= 0.3 is 0 Å². The number of benzene rings is 2. The fourth-order valence-corrected chi connectivity index (χ4v) is 3.93. The monoisotopic (exact) mass is 374 g/mol. The maximum Gasteiger partial charge on any atom is 0.183 e. The number of hydrogen-bond acceptors (Lipinski definition) is 5. The molecule has 0 radical (unpaired) electrons. The van der Waals surface area contributed by atoms with Gasteiger partial charge in [-0.15, -0.1) is 0 Å². The Bertz CT molecular complexity index is 1030. The molecule has 3 N–H and O–H groups in total. The molecule has 0 aliphatic heterocycles. The van der Waals surface area contributed by atoms with E-state index >= 15 is 0 Å². The zero-order chi connectivity index (χ0) is 18.6. The highest BCUT2D eigenvalue weighted by atomic mass is 32.1. The number of nitrogens with two attached hydrogens (primary N) is 1. The Hall–Kier alpha value is -2.76. The predicted octanol–water partition coefficient (Wildman–Crippen LogP) is 4.90. The molecule has 0 spiro atoms. The Morgan fingerprint density at radius 1 is 1.04 bits per heavy atom. The third kappa shape index (κ3) is 3.99. The van der Waals surface area contributed by atoms with Crippen LogP contribution in [0.5, 0.6) is 0 Å². The molecule has 2 atom stereocenters. The minimum absolute atomic E-state index is 0.0212. The number of pyridine rings is 1. The third-order valence-corrected chi connectivity index (χ3v) is 5.89. The maximum absolute atomic E-state index is 6.39. The Labute approximate surface area is 163 Å². The molecule has 5 heteroatoms. The van der Waals surface area contributed by atoms with Crippen molar-refractivity contribution in [2.75, 3.05) is 11.9 Å². The fourth-order valence-electron chi connectivity index (χ4n) is 3.11. The number of nitrogens with zero attached hydrogens (tertiary/aromatic N) is 2. The summed E-state index contributed by atoms with van der Waals surface area (Å²) in [5, 5.41) is 6.62. The Morgan fingerprint density at radius 3 is 2.74 bits per heavy atom. The van der Waals surface area contributed by atoms with Crippen LogP contribution in [0.2, 0.25) is 0 Å². The summed E-state index contributed by atoms with van der Waals surface area (Å²) in [7, 11) is 0. The lowest BCUT2D eigenvalue weighted by molar-refractivity contribution is 0.589. The quantitative estimate of drug-likeness (QED) is 0.504. The van der Waals surface area contributed by atoms with Crippen LogP contribution in [0.25, 0.3) is 21.2 Å². The second kappa shape index (κ2) is 7.86. The zero-order valence-electron chi connectivity index (χ0n) is 15.2. The Morgan fingerprint density at radius 2 is 1.89 bits per heavy atom. The SMILES string of the molecule is CC(c1ccccc1)C(N)CNc1ncc(-c2ccc3cnccc3c2)s1. The topological polar surface area (TPSA) is 63.8 Å². The molecule has 0 amide bonds. The van der Waals surface area contributed by atoms with E-state index in [1.54, 1.807) is 11.3 Å². The predicted molar refractivity (Wildman–Crippen MR) is 114 cm³/mol. The Balaban J connectivity index is 1.43. The summed E-state index contributed by atoms with van der Waals surface area (Å²) in [5.41, 5.74) is 8.81. The molecule has 0 aliphatic rings. The van der Waals surface area contributed by atoms with Crippen LogP contribution in [0.3, 0.4) is 0 Å². The molecule has 2 aromatic heterocycles. The summed E-state index contributed by atoms with van der Waals surface area (Å²) < 4.78 is 0. The van der Waals surface area contributed by atoms with Gasteiger partial charge in [0.2, 0.25) is 0 Å². The van der Waals surface area contributed by atoms with Crippen LogP contribution in [-0.2, 0) is 0 Å². The van der Waals surface area contributed by atoms with Crippen LogP contribution < -0.4 is 11.1 Å². The molecule has 0 saturated heterocycles. The number of hydrogen-bond donors (Lipinski definition) is 2. The molecule has 0 saturated carbocycles. The molecular formula is C22H22N4S. The summed E-state index contributed by atoms with van der Waals surface area (Å²) >= 11 is 1.65. The number of thiazole rings is 1. The van der Waals surface area contributed by atoms with Crippen molar-refractivity contribution in [2.45, 2.75) is 18.9 Å². The lowest BCUT2D eigenvalue weighted by atomic mass is 9.94. The second-order valence-electron chi connectivity index (χ2n) is 6.71. The average Bonchev–Trinajstić information content (AvgIpc) is 3.21. The van der Waals surface area contributed by atoms with E-state index in [1.807, 2.05) is 30.7 Å². The van der Waals surface area contributed by atoms with Gasteiger partial charge in [-0.3, -0.25) is 4.98 Å². The van der Waals surface area contributed by atoms with Crippen molar-refractivity contribution < 1.29 is 0 Å². The standard InChI is InChI=1S/C22H22N4S/c1-15(16-5-3-2-4-6-16)20(23)13-25-22-26-14-21(27-22)18-7-8-19-12-24-10-9-17(19)11-18/h2-12,14-15,20H,13,23H2,1H3,(H,25,26). The van der Waals surface area contributed by atoms with E-state index in [2.05, 4.69) is 64.7 Å². The molecule has 4 rings (SSSR count). The summed E-state index contributed by atoms with van der Waals surface area (Å²) in [6, 6.07) is 18.8. The van der Waals surface area contributed by atoms with Crippen molar-refractivity contribution in [1.82, 2.24) is 9.97 Å². The van der Waals surface area contributed by atoms with Crippen molar-refractivity contribution in [2.24, 2.45) is 5.73 Å². The first-order valence-electron chi connectivity index (χ1n) is 9.05. The summed E-state index contributed by atoms with van der Waals surface area (Å²) in [4.78, 5) is 9.82. The number of fused-ring (bicyclic) bond motifs is 1. The summed E-state index contributed by atoms with van der Waals surface area (Å²) in [6.45, 7) is 2.85. The molecular weight excluding hydrogens is 352 g/mol. The van der Waals surface area contributed by atoms with Crippen LogP contribution in [0, 0.1) is 0 Å². The highest BCUT2D eigenvalue weighted by Gasteiger charge is 2.15. The van der Waals surface area contributed by atoms with Crippen LogP contribution >= 0.6 is 11.3 Å². The first kappa shape index (κ1) is 17.6. The number of rotatable bonds is 6. The second-order valence-corrected chi connectivity index (χ2v) is 7.74. The normalized spacial score (nSPS) is 13.4. The lowest BCUT2D eigenvalue weighted by Crippen LogP contribution is -2.34. The van der Waals surface area contributed by atoms with Gasteiger partial charge in [0, 0.05) is 36.6 Å². The smallest absolute Gasteiger partial charge is 0.183 e. The van der Waals surface area contributed by atoms with Crippen LogP contribution in [0.15, 0.2) is 73.2 Å². The van der Waals surface area contributed by atoms with Gasteiger partial charge in [0.25, 0.3) is 0 Å². The molecule has 2 aromatic carbocycles. The van der Waals surface area contributed by atoms with Crippen molar-refractivity contribution in [3.63, 3.8) is 0 Å². The Kier molecular flexibility index (Phi) is 5.14. The van der Waals surface area contributed by atoms with Crippen molar-refractivity contribution in [1.29, 1.82) is 0 Å². The van der Waals surface area contributed by atoms with E-state index in [0.717, 1.165) is 15.4 Å². The van der Waals surface area contributed by atoms with E-state index in [9.17, 15) is 0 Å². The molecule has 0 bridgehead atoms. The number of aromatic nitrogens is 2. The van der Waals surface area contributed by atoms with Crippen molar-refractivity contribution >= 4 is 27.2 Å². The van der Waals surface area contributed by atoms with Crippen molar-refractivity contribution in [3.8, 4) is 10.4 Å². The van der Waals surface area contributed by atoms with E-state index in [4.69, 9.17) is 5.73 Å². The van der Waals surface area contributed by atoms with E-state index < -0.39 is 0 Å². The number of nitrogens with one attached hydrogen (secondary N) is 1. The largest absolute Gasteiger partial charge is 0.360 e.